The molecule has 1 fully saturated rings. The van der Waals surface area contributed by atoms with E-state index in [1.807, 2.05) is 0 Å². The molecule has 0 unspecified atom stereocenters. The van der Waals surface area contributed by atoms with Crippen molar-refractivity contribution in [2.24, 2.45) is 0 Å². The highest BCUT2D eigenvalue weighted by atomic mass is 15.3. The minimum atomic E-state index is 0.637. The van der Waals surface area contributed by atoms with Crippen molar-refractivity contribution in [2.45, 2.75) is 58.5 Å². The van der Waals surface area contributed by atoms with Crippen LogP contribution >= 0.6 is 0 Å². The zero-order valence-corrected chi connectivity index (χ0v) is 13.0. The van der Waals surface area contributed by atoms with Crippen LogP contribution in [-0.2, 0) is 12.8 Å². The average Bonchev–Trinajstić information content (AvgIpc) is 2.94. The molecule has 0 N–H and O–H groups in total. The zero-order chi connectivity index (χ0) is 14.1. The number of piperazine rings is 1. The van der Waals surface area contributed by atoms with E-state index in [-0.39, 0.29) is 0 Å². The Kier molecular flexibility index (Phi) is 3.92. The molecule has 0 amide bonds. The van der Waals surface area contributed by atoms with Gasteiger partial charge < -0.3 is 4.90 Å². The SMILES string of the molecule is CC[C@@H]1CN(c2ncnc3c2CCC3)CCN1C(C)C. The Balaban J connectivity index is 1.81. The van der Waals surface area contributed by atoms with Gasteiger partial charge in [-0.25, -0.2) is 9.97 Å². The first kappa shape index (κ1) is 13.8. The topological polar surface area (TPSA) is 32.3 Å². The quantitative estimate of drug-likeness (QED) is 0.846. The van der Waals surface area contributed by atoms with Crippen molar-refractivity contribution < 1.29 is 0 Å². The second kappa shape index (κ2) is 5.68. The van der Waals surface area contributed by atoms with Gasteiger partial charge in [-0.15, -0.1) is 0 Å². The molecule has 0 spiro atoms. The molecule has 1 aliphatic heterocycles. The predicted octanol–water partition coefficient (Wildman–Crippen LogP) is 2.27. The molecule has 1 aliphatic carbocycles. The van der Waals surface area contributed by atoms with Gasteiger partial charge in [-0.05, 0) is 39.5 Å². The van der Waals surface area contributed by atoms with Crippen molar-refractivity contribution in [3.8, 4) is 0 Å². The van der Waals surface area contributed by atoms with Crippen LogP contribution in [0.3, 0.4) is 0 Å². The highest BCUT2D eigenvalue weighted by Gasteiger charge is 2.30. The molecule has 1 aromatic heterocycles. The van der Waals surface area contributed by atoms with Gasteiger partial charge in [0.1, 0.15) is 12.1 Å². The number of nitrogens with zero attached hydrogens (tertiary/aromatic N) is 4. The van der Waals surface area contributed by atoms with E-state index >= 15 is 0 Å². The number of hydrogen-bond acceptors (Lipinski definition) is 4. The summed E-state index contributed by atoms with van der Waals surface area (Å²) in [6.07, 6.45) is 6.50. The third-order valence-electron chi connectivity index (χ3n) is 4.81. The number of aryl methyl sites for hydroxylation is 1. The first-order chi connectivity index (χ1) is 9.70. The molecule has 0 radical (unpaired) electrons. The molecule has 4 nitrogen and oxygen atoms in total. The van der Waals surface area contributed by atoms with Gasteiger partial charge in [0.25, 0.3) is 0 Å². The summed E-state index contributed by atoms with van der Waals surface area (Å²) in [6.45, 7) is 10.3. The number of aromatic nitrogens is 2. The number of fused-ring (bicyclic) bond motifs is 1. The van der Waals surface area contributed by atoms with Crippen LogP contribution in [0.1, 0.15) is 44.9 Å². The van der Waals surface area contributed by atoms with Gasteiger partial charge in [-0.2, -0.15) is 0 Å². The van der Waals surface area contributed by atoms with Gasteiger partial charge in [-0.1, -0.05) is 6.92 Å². The number of rotatable bonds is 3. The lowest BCUT2D eigenvalue weighted by molar-refractivity contribution is 0.133. The lowest BCUT2D eigenvalue weighted by Crippen LogP contribution is -2.55. The normalized spacial score (nSPS) is 23.4. The Morgan fingerprint density at radius 2 is 2.10 bits per heavy atom. The minimum absolute atomic E-state index is 0.637. The molecule has 0 saturated carbocycles. The Morgan fingerprint density at radius 3 is 2.85 bits per heavy atom. The Labute approximate surface area is 122 Å². The average molecular weight is 274 g/mol. The molecule has 4 heteroatoms. The lowest BCUT2D eigenvalue weighted by Gasteiger charge is -2.44. The molecule has 1 aromatic rings. The first-order valence-corrected chi connectivity index (χ1v) is 8.04. The third-order valence-corrected chi connectivity index (χ3v) is 4.81. The first-order valence-electron chi connectivity index (χ1n) is 8.04. The van der Waals surface area contributed by atoms with E-state index < -0.39 is 0 Å². The summed E-state index contributed by atoms with van der Waals surface area (Å²) < 4.78 is 0. The second-order valence-electron chi connectivity index (χ2n) is 6.32. The summed E-state index contributed by atoms with van der Waals surface area (Å²) in [5, 5.41) is 0. The van der Waals surface area contributed by atoms with Gasteiger partial charge in [0.15, 0.2) is 0 Å². The molecular formula is C16H26N4. The summed E-state index contributed by atoms with van der Waals surface area (Å²) in [4.78, 5) is 14.2. The van der Waals surface area contributed by atoms with Gasteiger partial charge in [0.05, 0.1) is 0 Å². The van der Waals surface area contributed by atoms with Gasteiger partial charge in [0, 0.05) is 43.0 Å². The van der Waals surface area contributed by atoms with E-state index in [1.54, 1.807) is 6.33 Å². The van der Waals surface area contributed by atoms with Crippen LogP contribution in [-0.4, -0.2) is 46.6 Å². The van der Waals surface area contributed by atoms with Crippen LogP contribution in [0, 0.1) is 0 Å². The maximum Gasteiger partial charge on any atom is 0.135 e. The Morgan fingerprint density at radius 1 is 1.25 bits per heavy atom. The van der Waals surface area contributed by atoms with Crippen LogP contribution in [0.2, 0.25) is 0 Å². The summed E-state index contributed by atoms with van der Waals surface area (Å²) in [5.74, 6) is 1.22. The highest BCUT2D eigenvalue weighted by molar-refractivity contribution is 5.51. The van der Waals surface area contributed by atoms with Gasteiger partial charge >= 0.3 is 0 Å². The fourth-order valence-electron chi connectivity index (χ4n) is 3.72. The van der Waals surface area contributed by atoms with Crippen LogP contribution in [0.5, 0.6) is 0 Å². The summed E-state index contributed by atoms with van der Waals surface area (Å²) in [7, 11) is 0. The van der Waals surface area contributed by atoms with Crippen LogP contribution in [0.15, 0.2) is 6.33 Å². The van der Waals surface area contributed by atoms with Crippen molar-refractivity contribution in [1.29, 1.82) is 0 Å². The van der Waals surface area contributed by atoms with E-state index in [4.69, 9.17) is 0 Å². The van der Waals surface area contributed by atoms with Gasteiger partial charge in [-0.3, -0.25) is 4.90 Å². The Bertz CT molecular complexity index is 472. The molecular weight excluding hydrogens is 248 g/mol. The highest BCUT2D eigenvalue weighted by Crippen LogP contribution is 2.29. The van der Waals surface area contributed by atoms with E-state index in [0.29, 0.717) is 12.1 Å². The molecule has 20 heavy (non-hydrogen) atoms. The van der Waals surface area contributed by atoms with Crippen LogP contribution < -0.4 is 4.90 Å². The minimum Gasteiger partial charge on any atom is -0.353 e. The largest absolute Gasteiger partial charge is 0.353 e. The molecule has 1 saturated heterocycles. The maximum absolute atomic E-state index is 4.61. The maximum atomic E-state index is 4.61. The zero-order valence-electron chi connectivity index (χ0n) is 13.0. The monoisotopic (exact) mass is 274 g/mol. The van der Waals surface area contributed by atoms with E-state index in [2.05, 4.69) is 40.5 Å². The second-order valence-corrected chi connectivity index (χ2v) is 6.32. The molecule has 0 bridgehead atoms. The van der Waals surface area contributed by atoms with Crippen molar-refractivity contribution in [1.82, 2.24) is 14.9 Å². The van der Waals surface area contributed by atoms with Crippen molar-refractivity contribution in [3.63, 3.8) is 0 Å². The van der Waals surface area contributed by atoms with E-state index in [0.717, 1.165) is 32.5 Å². The molecule has 3 rings (SSSR count). The molecule has 2 heterocycles. The lowest BCUT2D eigenvalue weighted by atomic mass is 10.1. The molecule has 110 valence electrons. The van der Waals surface area contributed by atoms with Crippen molar-refractivity contribution >= 4 is 5.82 Å². The van der Waals surface area contributed by atoms with E-state index in [9.17, 15) is 0 Å². The third kappa shape index (κ3) is 2.41. The number of hydrogen-bond donors (Lipinski definition) is 0. The van der Waals surface area contributed by atoms with Crippen molar-refractivity contribution in [3.05, 3.63) is 17.6 Å². The Hall–Kier alpha value is -1.16. The molecule has 2 aliphatic rings. The summed E-state index contributed by atoms with van der Waals surface area (Å²) in [6, 6.07) is 1.29. The van der Waals surface area contributed by atoms with E-state index in [1.165, 1.54) is 29.9 Å². The van der Waals surface area contributed by atoms with Crippen LogP contribution in [0.4, 0.5) is 5.82 Å². The van der Waals surface area contributed by atoms with Crippen LogP contribution in [0.25, 0.3) is 0 Å². The summed E-state index contributed by atoms with van der Waals surface area (Å²) >= 11 is 0. The van der Waals surface area contributed by atoms with Crippen molar-refractivity contribution in [2.75, 3.05) is 24.5 Å². The molecule has 1 atom stereocenters. The predicted molar refractivity (Wildman–Crippen MR) is 82.2 cm³/mol. The summed E-state index contributed by atoms with van der Waals surface area (Å²) in [5.41, 5.74) is 2.70. The fraction of sp³-hybridized carbons (Fsp3) is 0.750. The van der Waals surface area contributed by atoms with Gasteiger partial charge in [0.2, 0.25) is 0 Å². The number of anilines is 1. The standard InChI is InChI=1S/C16H26N4/c1-4-13-10-19(8-9-20(13)12(2)3)16-14-6-5-7-15(14)17-11-18-16/h11-13H,4-10H2,1-3H3/t13-/m1/s1. The molecule has 0 aromatic carbocycles. The fourth-order valence-corrected chi connectivity index (χ4v) is 3.72. The smallest absolute Gasteiger partial charge is 0.135 e.